The van der Waals surface area contributed by atoms with Crippen molar-refractivity contribution >= 4 is 19.8 Å². The summed E-state index contributed by atoms with van der Waals surface area (Å²) in [6, 6.07) is 0. The molecule has 0 aliphatic rings. The van der Waals surface area contributed by atoms with E-state index in [2.05, 4.69) is 74.6 Å². The Hall–Kier alpha value is -2.85. The molecule has 0 aliphatic heterocycles. The van der Waals surface area contributed by atoms with Gasteiger partial charge in [-0.25, -0.2) is 4.57 Å². The zero-order valence-corrected chi connectivity index (χ0v) is 36.2. The van der Waals surface area contributed by atoms with Crippen LogP contribution in [-0.2, 0) is 32.7 Å². The van der Waals surface area contributed by atoms with Gasteiger partial charge in [0.05, 0.1) is 32.8 Å². The lowest BCUT2D eigenvalue weighted by atomic mass is 10.1. The van der Waals surface area contributed by atoms with Crippen molar-refractivity contribution in [3.63, 3.8) is 0 Å². The van der Waals surface area contributed by atoms with Crippen molar-refractivity contribution < 1.29 is 47.8 Å². The van der Waals surface area contributed by atoms with Crippen molar-refractivity contribution in [2.75, 3.05) is 26.4 Å². The molecule has 0 rings (SSSR count). The molecule has 11 heteroatoms. The lowest BCUT2D eigenvalue weighted by Crippen LogP contribution is -2.28. The highest BCUT2D eigenvalue weighted by atomic mass is 31.2. The monoisotopic (exact) mass is 821 g/mol. The highest BCUT2D eigenvalue weighted by Gasteiger charge is 2.27. The summed E-state index contributed by atoms with van der Waals surface area (Å²) in [5.74, 6) is -1.16. The van der Waals surface area contributed by atoms with Crippen LogP contribution in [0, 0.1) is 0 Å². The SMILES string of the molecule is CC/C=C\C/C=C\C/C=C\C/C=C\C/C=C\CC(=O)OC(CO)COP(=O)(O)OCC(CO)OC(=O)CCCCCCCCCCC/C=C\C/C=C\CCCCC. The van der Waals surface area contributed by atoms with E-state index < -0.39 is 58.4 Å². The molecule has 0 saturated carbocycles. The van der Waals surface area contributed by atoms with Crippen molar-refractivity contribution in [2.24, 2.45) is 0 Å². The van der Waals surface area contributed by atoms with Crippen LogP contribution in [0.1, 0.15) is 155 Å². The van der Waals surface area contributed by atoms with Gasteiger partial charge in [0.15, 0.2) is 0 Å². The van der Waals surface area contributed by atoms with Gasteiger partial charge in [-0.1, -0.05) is 157 Å². The molecule has 10 nitrogen and oxygen atoms in total. The summed E-state index contributed by atoms with van der Waals surface area (Å²) in [4.78, 5) is 34.4. The second kappa shape index (κ2) is 41.3. The first-order chi connectivity index (χ1) is 27.8. The predicted molar refractivity (Wildman–Crippen MR) is 233 cm³/mol. The van der Waals surface area contributed by atoms with Crippen LogP contribution in [0.3, 0.4) is 0 Å². The van der Waals surface area contributed by atoms with Crippen LogP contribution in [0.5, 0.6) is 0 Å². The van der Waals surface area contributed by atoms with Gasteiger partial charge >= 0.3 is 19.8 Å². The Morgan fingerprint density at radius 1 is 0.509 bits per heavy atom. The molecule has 0 bridgehead atoms. The van der Waals surface area contributed by atoms with Crippen molar-refractivity contribution in [3.05, 3.63) is 85.1 Å². The molecule has 0 aromatic carbocycles. The minimum absolute atomic E-state index is 0.0443. The fourth-order valence-electron chi connectivity index (χ4n) is 5.34. The lowest BCUT2D eigenvalue weighted by Gasteiger charge is -2.20. The number of hydrogen-bond acceptors (Lipinski definition) is 9. The van der Waals surface area contributed by atoms with Gasteiger partial charge in [0, 0.05) is 6.42 Å². The maximum Gasteiger partial charge on any atom is 0.472 e. The van der Waals surface area contributed by atoms with E-state index in [1.54, 1.807) is 6.08 Å². The second-order valence-corrected chi connectivity index (χ2v) is 15.4. The molecule has 0 spiro atoms. The molecule has 0 heterocycles. The number of carbonyl (C=O) groups excluding carboxylic acids is 2. The Labute approximate surface area is 345 Å². The average molecular weight is 821 g/mol. The zero-order chi connectivity index (χ0) is 41.9. The summed E-state index contributed by atoms with van der Waals surface area (Å²) >= 11 is 0. The van der Waals surface area contributed by atoms with Gasteiger partial charge in [0.2, 0.25) is 0 Å². The van der Waals surface area contributed by atoms with Gasteiger partial charge in [-0.2, -0.15) is 0 Å². The van der Waals surface area contributed by atoms with Gasteiger partial charge in [0.25, 0.3) is 0 Å². The molecule has 0 aromatic rings. The van der Waals surface area contributed by atoms with Gasteiger partial charge < -0.3 is 24.6 Å². The number of carbonyl (C=O) groups is 2. The minimum Gasteiger partial charge on any atom is -0.457 e. The quantitative estimate of drug-likeness (QED) is 0.0237. The number of aliphatic hydroxyl groups excluding tert-OH is 2. The summed E-state index contributed by atoms with van der Waals surface area (Å²) < 4.78 is 32.4. The summed E-state index contributed by atoms with van der Waals surface area (Å²) in [5.41, 5.74) is 0. The number of ether oxygens (including phenoxy) is 2. The Morgan fingerprint density at radius 2 is 0.895 bits per heavy atom. The maximum atomic E-state index is 12.4. The molecular formula is C46H77O10P. The second-order valence-electron chi connectivity index (χ2n) is 14.0. The van der Waals surface area contributed by atoms with Crippen LogP contribution in [-0.4, -0.2) is 65.7 Å². The van der Waals surface area contributed by atoms with E-state index in [-0.39, 0.29) is 12.8 Å². The van der Waals surface area contributed by atoms with Gasteiger partial charge in [-0.05, 0) is 70.6 Å². The topological polar surface area (TPSA) is 149 Å². The van der Waals surface area contributed by atoms with E-state index in [0.29, 0.717) is 12.8 Å². The van der Waals surface area contributed by atoms with E-state index in [0.717, 1.165) is 57.8 Å². The van der Waals surface area contributed by atoms with Crippen molar-refractivity contribution in [1.29, 1.82) is 0 Å². The van der Waals surface area contributed by atoms with Gasteiger partial charge in [-0.15, -0.1) is 0 Å². The molecule has 0 aromatic heterocycles. The van der Waals surface area contributed by atoms with E-state index in [1.807, 2.05) is 18.2 Å². The van der Waals surface area contributed by atoms with Gasteiger partial charge in [0.1, 0.15) is 12.2 Å². The Kier molecular flexibility index (Phi) is 39.2. The highest BCUT2D eigenvalue weighted by molar-refractivity contribution is 7.47. The molecule has 0 fully saturated rings. The van der Waals surface area contributed by atoms with Crippen LogP contribution in [0.15, 0.2) is 85.1 Å². The standard InChI is InChI=1S/C46H77O10P/c1-3-5-7-9-11-13-15-17-19-20-21-22-24-26-28-30-32-34-36-38-46(50)56-44(40-48)42-54-57(51,52)53-41-43(39-47)55-45(49)37-35-33-31-29-27-25-23-18-16-14-12-10-8-6-4-2/h6,8,11-14,17-19,23,27,29,33,35,43-44,47-48H,3-5,7,9-10,15-16,20-22,24-26,28,30-32,34,36-42H2,1-2H3,(H,51,52)/b8-6-,13-11-,14-12-,19-17-,23-18-,29-27-,35-33-. The molecule has 0 radical (unpaired) electrons. The van der Waals surface area contributed by atoms with E-state index in [4.69, 9.17) is 18.5 Å². The minimum atomic E-state index is -4.67. The number of rotatable bonds is 39. The smallest absolute Gasteiger partial charge is 0.457 e. The van der Waals surface area contributed by atoms with Crippen LogP contribution in [0.25, 0.3) is 0 Å². The molecular weight excluding hydrogens is 743 g/mol. The molecule has 3 atom stereocenters. The van der Waals surface area contributed by atoms with Crippen molar-refractivity contribution in [2.45, 2.75) is 167 Å². The number of esters is 2. The van der Waals surface area contributed by atoms with Crippen LogP contribution < -0.4 is 0 Å². The fourth-order valence-corrected chi connectivity index (χ4v) is 6.12. The Morgan fingerprint density at radius 3 is 1.35 bits per heavy atom. The first-order valence-corrected chi connectivity index (χ1v) is 23.0. The largest absolute Gasteiger partial charge is 0.472 e. The summed E-state index contributed by atoms with van der Waals surface area (Å²) in [6.45, 7) is 1.94. The zero-order valence-electron chi connectivity index (χ0n) is 35.3. The first-order valence-electron chi connectivity index (χ1n) is 21.5. The Bertz CT molecular complexity index is 1220. The summed E-state index contributed by atoms with van der Waals surface area (Å²) in [7, 11) is -4.67. The molecule has 0 aliphatic carbocycles. The average Bonchev–Trinajstić information content (AvgIpc) is 3.20. The predicted octanol–water partition coefficient (Wildman–Crippen LogP) is 11.4. The third kappa shape index (κ3) is 39.7. The first kappa shape index (κ1) is 54.2. The van der Waals surface area contributed by atoms with E-state index in [9.17, 15) is 29.3 Å². The van der Waals surface area contributed by atoms with Crippen LogP contribution >= 0.6 is 7.82 Å². The third-order valence-electron chi connectivity index (χ3n) is 8.62. The lowest BCUT2D eigenvalue weighted by molar-refractivity contribution is -0.153. The fraction of sp³-hybridized carbons (Fsp3) is 0.652. The normalized spacial score (nSPS) is 14.7. The molecule has 3 unspecified atom stereocenters. The number of hydrogen-bond donors (Lipinski definition) is 3. The van der Waals surface area contributed by atoms with Crippen molar-refractivity contribution in [1.82, 2.24) is 0 Å². The summed E-state index contributed by atoms with van der Waals surface area (Å²) in [5, 5.41) is 19.1. The number of allylic oxidation sites excluding steroid dienone is 13. The third-order valence-corrected chi connectivity index (χ3v) is 9.58. The number of phosphoric ester groups is 1. The summed E-state index contributed by atoms with van der Waals surface area (Å²) in [6.07, 6.45) is 48.7. The molecule has 3 N–H and O–H groups in total. The van der Waals surface area contributed by atoms with Crippen molar-refractivity contribution in [3.8, 4) is 0 Å². The molecule has 326 valence electrons. The molecule has 0 amide bonds. The molecule has 0 saturated heterocycles. The van der Waals surface area contributed by atoms with Gasteiger partial charge in [-0.3, -0.25) is 18.6 Å². The highest BCUT2D eigenvalue weighted by Crippen LogP contribution is 2.43. The van der Waals surface area contributed by atoms with E-state index in [1.165, 1.54) is 57.8 Å². The van der Waals surface area contributed by atoms with Crippen LogP contribution in [0.2, 0.25) is 0 Å². The maximum absolute atomic E-state index is 12.4. The molecule has 57 heavy (non-hydrogen) atoms. The van der Waals surface area contributed by atoms with Crippen LogP contribution in [0.4, 0.5) is 0 Å². The Balaban J connectivity index is 4.03. The number of aliphatic hydroxyl groups is 2. The van der Waals surface area contributed by atoms with E-state index >= 15 is 0 Å². The number of phosphoric acid groups is 1. The number of unbranched alkanes of at least 4 members (excludes halogenated alkanes) is 12.